The van der Waals surface area contributed by atoms with Crippen LogP contribution in [0, 0.1) is 0 Å². The third-order valence-electron chi connectivity index (χ3n) is 3.19. The van der Waals surface area contributed by atoms with Gasteiger partial charge in [-0.2, -0.15) is 0 Å². The topological polar surface area (TPSA) is 67.2 Å². The first-order valence-electron chi connectivity index (χ1n) is 6.39. The Morgan fingerprint density at radius 2 is 2.05 bits per heavy atom. The smallest absolute Gasteiger partial charge is 0.255 e. The average molecular weight is 270 g/mol. The number of amides is 2. The second-order valence-electron chi connectivity index (χ2n) is 4.57. The van der Waals surface area contributed by atoms with E-state index >= 15 is 0 Å². The highest BCUT2D eigenvalue weighted by molar-refractivity contribution is 5.96. The van der Waals surface area contributed by atoms with Gasteiger partial charge in [0.25, 0.3) is 5.91 Å². The van der Waals surface area contributed by atoms with E-state index in [2.05, 4.69) is 10.3 Å². The number of carbonyl (C=O) groups excluding carboxylic acids is 2. The molecular weight excluding hydrogens is 256 g/mol. The zero-order chi connectivity index (χ0) is 13.9. The number of nitrogens with zero attached hydrogens (tertiary/aromatic N) is 3. The molecule has 0 bridgehead atoms. The Labute approximate surface area is 116 Å². The Bertz CT molecular complexity index is 619. The van der Waals surface area contributed by atoms with Crippen LogP contribution in [0.3, 0.4) is 0 Å². The number of pyridine rings is 1. The summed E-state index contributed by atoms with van der Waals surface area (Å²) in [5.74, 6) is 0.468. The minimum Gasteiger partial charge on any atom is -0.353 e. The lowest BCUT2D eigenvalue weighted by atomic mass is 10.2. The molecule has 20 heavy (non-hydrogen) atoms. The van der Waals surface area contributed by atoms with Crippen LogP contribution in [0.4, 0.5) is 0 Å². The van der Waals surface area contributed by atoms with Gasteiger partial charge in [0.2, 0.25) is 5.91 Å². The van der Waals surface area contributed by atoms with Crippen LogP contribution in [-0.2, 0) is 4.79 Å². The van der Waals surface area contributed by atoms with Crippen molar-refractivity contribution in [2.45, 2.75) is 0 Å². The first-order valence-corrected chi connectivity index (χ1v) is 6.39. The van der Waals surface area contributed by atoms with Crippen LogP contribution in [0.15, 0.2) is 42.9 Å². The number of rotatable bonds is 2. The largest absolute Gasteiger partial charge is 0.353 e. The van der Waals surface area contributed by atoms with E-state index < -0.39 is 0 Å². The van der Waals surface area contributed by atoms with Crippen LogP contribution in [0.1, 0.15) is 10.4 Å². The molecule has 0 radical (unpaired) electrons. The van der Waals surface area contributed by atoms with Gasteiger partial charge in [0.05, 0.1) is 12.1 Å². The summed E-state index contributed by atoms with van der Waals surface area (Å²) < 4.78 is 1.86. The molecule has 1 saturated heterocycles. The molecule has 1 fully saturated rings. The molecule has 0 spiro atoms. The van der Waals surface area contributed by atoms with Crippen molar-refractivity contribution in [3.05, 3.63) is 48.4 Å². The van der Waals surface area contributed by atoms with Gasteiger partial charge in [0.15, 0.2) is 0 Å². The van der Waals surface area contributed by atoms with Crippen LogP contribution in [0.25, 0.3) is 5.82 Å². The normalized spacial score (nSPS) is 15.0. The highest BCUT2D eigenvalue weighted by Crippen LogP contribution is 2.09. The minimum atomic E-state index is -0.161. The Hall–Kier alpha value is -2.63. The summed E-state index contributed by atoms with van der Waals surface area (Å²) in [6, 6.07) is 7.34. The van der Waals surface area contributed by atoms with Crippen molar-refractivity contribution in [1.29, 1.82) is 0 Å². The molecule has 1 aliphatic rings. The molecule has 2 aromatic heterocycles. The predicted octanol–water partition coefficient (Wildman–Crippen LogP) is 0.444. The first kappa shape index (κ1) is 12.4. The number of hydrogen-bond donors (Lipinski definition) is 1. The van der Waals surface area contributed by atoms with Crippen molar-refractivity contribution in [2.75, 3.05) is 19.6 Å². The average Bonchev–Trinajstić information content (AvgIpc) is 3.01. The number of piperazine rings is 1. The Morgan fingerprint density at radius 3 is 2.70 bits per heavy atom. The van der Waals surface area contributed by atoms with Crippen molar-refractivity contribution in [3.63, 3.8) is 0 Å². The van der Waals surface area contributed by atoms with Gasteiger partial charge in [-0.25, -0.2) is 4.98 Å². The molecule has 0 saturated carbocycles. The predicted molar refractivity (Wildman–Crippen MR) is 72.5 cm³/mol. The SMILES string of the molecule is O=C1CN(C(=O)c2ccc(-n3cccc3)nc2)CCN1. The number of aromatic nitrogens is 2. The van der Waals surface area contributed by atoms with Crippen LogP contribution in [0.5, 0.6) is 0 Å². The van der Waals surface area contributed by atoms with E-state index in [0.717, 1.165) is 5.82 Å². The van der Waals surface area contributed by atoms with E-state index in [1.54, 1.807) is 18.3 Å². The van der Waals surface area contributed by atoms with Gasteiger partial charge in [0, 0.05) is 31.7 Å². The Kier molecular flexibility index (Phi) is 3.20. The van der Waals surface area contributed by atoms with Crippen LogP contribution in [-0.4, -0.2) is 45.9 Å². The molecule has 0 aromatic carbocycles. The number of nitrogens with one attached hydrogen (secondary N) is 1. The van der Waals surface area contributed by atoms with E-state index in [-0.39, 0.29) is 18.4 Å². The van der Waals surface area contributed by atoms with Crippen molar-refractivity contribution in [1.82, 2.24) is 19.8 Å². The van der Waals surface area contributed by atoms with E-state index in [1.807, 2.05) is 29.1 Å². The lowest BCUT2D eigenvalue weighted by Crippen LogP contribution is -2.49. The molecule has 6 heteroatoms. The fourth-order valence-electron chi connectivity index (χ4n) is 2.15. The quantitative estimate of drug-likeness (QED) is 0.861. The maximum Gasteiger partial charge on any atom is 0.255 e. The van der Waals surface area contributed by atoms with Crippen molar-refractivity contribution >= 4 is 11.8 Å². The summed E-state index contributed by atoms with van der Waals surface area (Å²) in [5.41, 5.74) is 0.496. The van der Waals surface area contributed by atoms with Gasteiger partial charge >= 0.3 is 0 Å². The van der Waals surface area contributed by atoms with E-state index in [4.69, 9.17) is 0 Å². The number of carbonyl (C=O) groups is 2. The third-order valence-corrected chi connectivity index (χ3v) is 3.19. The molecule has 1 N–H and O–H groups in total. The van der Waals surface area contributed by atoms with Crippen LogP contribution < -0.4 is 5.32 Å². The van der Waals surface area contributed by atoms with Crippen molar-refractivity contribution in [3.8, 4) is 5.82 Å². The van der Waals surface area contributed by atoms with E-state index in [9.17, 15) is 9.59 Å². The summed E-state index contributed by atoms with van der Waals surface area (Å²) in [6.45, 7) is 1.14. The molecule has 0 atom stereocenters. The first-order chi connectivity index (χ1) is 9.74. The fraction of sp³-hybridized carbons (Fsp3) is 0.214. The van der Waals surface area contributed by atoms with Crippen LogP contribution >= 0.6 is 0 Å². The molecule has 0 unspecified atom stereocenters. The summed E-state index contributed by atoms with van der Waals surface area (Å²) in [7, 11) is 0. The van der Waals surface area contributed by atoms with Gasteiger partial charge in [-0.1, -0.05) is 0 Å². The summed E-state index contributed by atoms with van der Waals surface area (Å²) >= 11 is 0. The molecule has 1 aliphatic heterocycles. The van der Waals surface area contributed by atoms with Gasteiger partial charge in [0.1, 0.15) is 5.82 Å². The summed E-state index contributed by atoms with van der Waals surface area (Å²) in [4.78, 5) is 29.3. The summed E-state index contributed by atoms with van der Waals surface area (Å²) in [5, 5.41) is 2.69. The third kappa shape index (κ3) is 2.40. The molecule has 0 aliphatic carbocycles. The monoisotopic (exact) mass is 270 g/mol. The standard InChI is InChI=1S/C14H14N4O2/c19-13-10-18(8-5-15-13)14(20)11-3-4-12(16-9-11)17-6-1-2-7-17/h1-4,6-7,9H,5,8,10H2,(H,15,19). The maximum atomic E-state index is 12.2. The van der Waals surface area contributed by atoms with Crippen molar-refractivity contribution in [2.24, 2.45) is 0 Å². The minimum absolute atomic E-state index is 0.109. The second-order valence-corrected chi connectivity index (χ2v) is 4.57. The van der Waals surface area contributed by atoms with Crippen molar-refractivity contribution < 1.29 is 9.59 Å². The molecule has 6 nitrogen and oxygen atoms in total. The molecule has 2 aromatic rings. The highest BCUT2D eigenvalue weighted by Gasteiger charge is 2.22. The zero-order valence-corrected chi connectivity index (χ0v) is 10.8. The van der Waals surface area contributed by atoms with Gasteiger partial charge in [-0.05, 0) is 24.3 Å². The molecule has 3 rings (SSSR count). The lowest BCUT2D eigenvalue weighted by molar-refractivity contribution is -0.123. The zero-order valence-electron chi connectivity index (χ0n) is 10.8. The maximum absolute atomic E-state index is 12.2. The molecular formula is C14H14N4O2. The van der Waals surface area contributed by atoms with Gasteiger partial charge in [-0.15, -0.1) is 0 Å². The van der Waals surface area contributed by atoms with Gasteiger partial charge in [-0.3, -0.25) is 9.59 Å². The van der Waals surface area contributed by atoms with E-state index in [1.165, 1.54) is 4.90 Å². The Balaban J connectivity index is 1.77. The second kappa shape index (κ2) is 5.16. The summed E-state index contributed by atoms with van der Waals surface area (Å²) in [6.07, 6.45) is 5.32. The molecule has 2 amide bonds. The molecule has 3 heterocycles. The van der Waals surface area contributed by atoms with E-state index in [0.29, 0.717) is 18.7 Å². The highest BCUT2D eigenvalue weighted by atomic mass is 16.2. The molecule has 102 valence electrons. The lowest BCUT2D eigenvalue weighted by Gasteiger charge is -2.26. The van der Waals surface area contributed by atoms with Gasteiger partial charge < -0.3 is 14.8 Å². The Morgan fingerprint density at radius 1 is 1.25 bits per heavy atom. The fourth-order valence-corrected chi connectivity index (χ4v) is 2.15. The van der Waals surface area contributed by atoms with Crippen LogP contribution in [0.2, 0.25) is 0 Å². The number of hydrogen-bond acceptors (Lipinski definition) is 3.